The van der Waals surface area contributed by atoms with Gasteiger partial charge in [0.1, 0.15) is 10.8 Å². The Kier molecular flexibility index (Phi) is 5.08. The number of nitrogens with one attached hydrogen (secondary N) is 1. The smallest absolute Gasteiger partial charge is 0.224 e. The molecule has 1 aromatic rings. The van der Waals surface area contributed by atoms with Crippen molar-refractivity contribution in [3.8, 4) is 0 Å². The van der Waals surface area contributed by atoms with Crippen LogP contribution in [-0.4, -0.2) is 29.2 Å². The number of anilines is 1. The number of halogens is 2. The van der Waals surface area contributed by atoms with Crippen LogP contribution < -0.4 is 5.32 Å². The third kappa shape index (κ3) is 4.20. The summed E-state index contributed by atoms with van der Waals surface area (Å²) < 4.78 is 5.26. The van der Waals surface area contributed by atoms with Gasteiger partial charge in [-0.15, -0.1) is 0 Å². The average Bonchev–Trinajstić information content (AvgIpc) is 2.20. The maximum Gasteiger partial charge on any atom is 0.224 e. The molecule has 0 bridgehead atoms. The highest BCUT2D eigenvalue weighted by atomic mass is 35.5. The third-order valence-corrected chi connectivity index (χ3v) is 2.13. The molecule has 0 aliphatic carbocycles. The summed E-state index contributed by atoms with van der Waals surface area (Å²) in [5.41, 5.74) is 0. The largest absolute Gasteiger partial charge is 0.380 e. The first kappa shape index (κ1) is 12.5. The van der Waals surface area contributed by atoms with Crippen molar-refractivity contribution < 1.29 is 4.74 Å². The fraction of sp³-hybridized carbons (Fsp3) is 0.556. The van der Waals surface area contributed by atoms with Crippen LogP contribution in [-0.2, 0) is 4.74 Å². The number of ether oxygens (including phenoxy) is 1. The highest BCUT2D eigenvalue weighted by Gasteiger charge is 2.07. The molecule has 0 aromatic carbocycles. The molecule has 0 aliphatic rings. The highest BCUT2D eigenvalue weighted by molar-refractivity contribution is 6.33. The molecule has 1 aromatic heterocycles. The Morgan fingerprint density at radius 1 is 1.53 bits per heavy atom. The van der Waals surface area contributed by atoms with Gasteiger partial charge in [-0.05, 0) is 25.4 Å². The molecule has 84 valence electrons. The van der Waals surface area contributed by atoms with Crippen molar-refractivity contribution in [3.05, 3.63) is 16.5 Å². The van der Waals surface area contributed by atoms with Gasteiger partial charge in [0.05, 0.1) is 12.8 Å². The van der Waals surface area contributed by atoms with Crippen LogP contribution in [0.5, 0.6) is 0 Å². The third-order valence-electron chi connectivity index (χ3n) is 1.67. The normalized spacial score (nSPS) is 12.5. The van der Waals surface area contributed by atoms with E-state index < -0.39 is 0 Å². The predicted octanol–water partition coefficient (Wildman–Crippen LogP) is 2.62. The van der Waals surface area contributed by atoms with Crippen molar-refractivity contribution in [2.75, 3.05) is 18.5 Å². The lowest BCUT2D eigenvalue weighted by atomic mass is 10.3. The molecule has 15 heavy (non-hydrogen) atoms. The van der Waals surface area contributed by atoms with Crippen molar-refractivity contribution in [1.29, 1.82) is 0 Å². The zero-order chi connectivity index (χ0) is 11.3. The monoisotopic (exact) mass is 249 g/mol. The number of aromatic nitrogens is 2. The predicted molar refractivity (Wildman–Crippen MR) is 61.6 cm³/mol. The van der Waals surface area contributed by atoms with Gasteiger partial charge in [-0.2, -0.15) is 4.98 Å². The van der Waals surface area contributed by atoms with Crippen molar-refractivity contribution in [2.24, 2.45) is 0 Å². The van der Waals surface area contributed by atoms with E-state index in [4.69, 9.17) is 27.9 Å². The van der Waals surface area contributed by atoms with Crippen LogP contribution in [0.4, 0.5) is 5.82 Å². The van der Waals surface area contributed by atoms with Crippen molar-refractivity contribution >= 4 is 29.0 Å². The molecule has 1 unspecified atom stereocenters. The molecule has 0 saturated carbocycles. The summed E-state index contributed by atoms with van der Waals surface area (Å²) in [6.07, 6.45) is 1.46. The van der Waals surface area contributed by atoms with Gasteiger partial charge in [0.25, 0.3) is 0 Å². The lowest BCUT2D eigenvalue weighted by molar-refractivity contribution is 0.141. The van der Waals surface area contributed by atoms with E-state index in [1.807, 2.05) is 13.8 Å². The summed E-state index contributed by atoms with van der Waals surface area (Å²) in [6, 6.07) is 0.119. The molecule has 0 fully saturated rings. The topological polar surface area (TPSA) is 47.0 Å². The SMILES string of the molecule is CCOCC(C)Nc1nc(Cl)ncc1Cl. The van der Waals surface area contributed by atoms with E-state index in [0.717, 1.165) is 0 Å². The molecule has 0 radical (unpaired) electrons. The van der Waals surface area contributed by atoms with Gasteiger partial charge in [-0.1, -0.05) is 11.6 Å². The van der Waals surface area contributed by atoms with Crippen LogP contribution in [0, 0.1) is 0 Å². The second-order valence-electron chi connectivity index (χ2n) is 3.04. The maximum atomic E-state index is 5.89. The lowest BCUT2D eigenvalue weighted by Gasteiger charge is -2.14. The second-order valence-corrected chi connectivity index (χ2v) is 3.79. The molecule has 1 rings (SSSR count). The summed E-state index contributed by atoms with van der Waals surface area (Å²) >= 11 is 11.5. The Morgan fingerprint density at radius 3 is 2.93 bits per heavy atom. The molecule has 1 heterocycles. The summed E-state index contributed by atoms with van der Waals surface area (Å²) in [5, 5.41) is 3.71. The first-order valence-electron chi connectivity index (χ1n) is 4.65. The highest BCUT2D eigenvalue weighted by Crippen LogP contribution is 2.19. The molecule has 0 spiro atoms. The van der Waals surface area contributed by atoms with Crippen molar-refractivity contribution in [3.63, 3.8) is 0 Å². The van der Waals surface area contributed by atoms with Gasteiger partial charge in [0, 0.05) is 12.6 Å². The van der Waals surface area contributed by atoms with Gasteiger partial charge in [0.2, 0.25) is 5.28 Å². The quantitative estimate of drug-likeness (QED) is 0.816. The molecular weight excluding hydrogens is 237 g/mol. The number of hydrogen-bond acceptors (Lipinski definition) is 4. The zero-order valence-corrected chi connectivity index (χ0v) is 10.1. The van der Waals surface area contributed by atoms with Crippen LogP contribution in [0.2, 0.25) is 10.3 Å². The molecule has 6 heteroatoms. The van der Waals surface area contributed by atoms with E-state index in [-0.39, 0.29) is 11.3 Å². The molecular formula is C9H13Cl2N3O. The van der Waals surface area contributed by atoms with Crippen LogP contribution >= 0.6 is 23.2 Å². The van der Waals surface area contributed by atoms with Crippen LogP contribution in [0.25, 0.3) is 0 Å². The summed E-state index contributed by atoms with van der Waals surface area (Å²) in [6.45, 7) is 5.20. The van der Waals surface area contributed by atoms with Crippen molar-refractivity contribution in [1.82, 2.24) is 9.97 Å². The van der Waals surface area contributed by atoms with E-state index in [0.29, 0.717) is 24.1 Å². The Morgan fingerprint density at radius 2 is 2.27 bits per heavy atom. The first-order chi connectivity index (χ1) is 7.13. The van der Waals surface area contributed by atoms with Gasteiger partial charge in [0.15, 0.2) is 0 Å². The van der Waals surface area contributed by atoms with Crippen molar-refractivity contribution in [2.45, 2.75) is 19.9 Å². The minimum Gasteiger partial charge on any atom is -0.380 e. The average molecular weight is 250 g/mol. The Bertz CT molecular complexity index is 322. The molecule has 1 N–H and O–H groups in total. The van der Waals surface area contributed by atoms with Crippen LogP contribution in [0.3, 0.4) is 0 Å². The van der Waals surface area contributed by atoms with Crippen LogP contribution in [0.15, 0.2) is 6.20 Å². The molecule has 1 atom stereocenters. The zero-order valence-electron chi connectivity index (χ0n) is 8.63. The summed E-state index contributed by atoms with van der Waals surface area (Å²) in [4.78, 5) is 7.74. The molecule has 0 saturated heterocycles. The Balaban J connectivity index is 2.59. The second kappa shape index (κ2) is 6.10. The first-order valence-corrected chi connectivity index (χ1v) is 5.41. The fourth-order valence-electron chi connectivity index (χ4n) is 1.02. The fourth-order valence-corrected chi connectivity index (χ4v) is 1.30. The van der Waals surface area contributed by atoms with E-state index in [1.165, 1.54) is 6.20 Å². The number of hydrogen-bond donors (Lipinski definition) is 1. The number of nitrogens with zero attached hydrogens (tertiary/aromatic N) is 2. The molecule has 4 nitrogen and oxygen atoms in total. The summed E-state index contributed by atoms with van der Waals surface area (Å²) in [5.74, 6) is 0.531. The van der Waals surface area contributed by atoms with E-state index in [9.17, 15) is 0 Å². The minimum absolute atomic E-state index is 0.119. The van der Waals surface area contributed by atoms with E-state index in [1.54, 1.807) is 0 Å². The van der Waals surface area contributed by atoms with Gasteiger partial charge < -0.3 is 10.1 Å². The summed E-state index contributed by atoms with van der Waals surface area (Å²) in [7, 11) is 0. The van der Waals surface area contributed by atoms with E-state index in [2.05, 4.69) is 15.3 Å². The standard InChI is InChI=1S/C9H13Cl2N3O/c1-3-15-5-6(2)13-8-7(10)4-12-9(11)14-8/h4,6H,3,5H2,1-2H3,(H,12,13,14). The number of rotatable bonds is 5. The molecule has 0 amide bonds. The van der Waals surface area contributed by atoms with Gasteiger partial charge >= 0.3 is 0 Å². The Labute approximate surface area is 99.0 Å². The van der Waals surface area contributed by atoms with Gasteiger partial charge in [-0.25, -0.2) is 4.98 Å². The Hall–Kier alpha value is -0.580. The van der Waals surface area contributed by atoms with E-state index >= 15 is 0 Å². The molecule has 0 aliphatic heterocycles. The minimum atomic E-state index is 0.119. The maximum absolute atomic E-state index is 5.89. The lowest BCUT2D eigenvalue weighted by Crippen LogP contribution is -2.22. The van der Waals surface area contributed by atoms with Gasteiger partial charge in [-0.3, -0.25) is 0 Å². The van der Waals surface area contributed by atoms with Crippen LogP contribution in [0.1, 0.15) is 13.8 Å².